The van der Waals surface area contributed by atoms with Crippen molar-refractivity contribution in [3.63, 3.8) is 0 Å². The summed E-state index contributed by atoms with van der Waals surface area (Å²) in [6.07, 6.45) is 41.2. The maximum absolute atomic E-state index is 12.6. The molecular weight excluding hydrogens is 713 g/mol. The Morgan fingerprint density at radius 2 is 0.945 bits per heavy atom. The van der Waals surface area contributed by atoms with E-state index in [0.29, 0.717) is 19.4 Å². The highest BCUT2D eigenvalue weighted by Gasteiger charge is 2.26. The monoisotopic (exact) mass is 802 g/mol. The van der Waals surface area contributed by atoms with Crippen LogP contribution in [0.2, 0.25) is 0 Å². The Hall–Kier alpha value is -1.25. The molecule has 0 aliphatic carbocycles. The molecule has 0 aromatic rings. The minimum atomic E-state index is -4.36. The smallest absolute Gasteiger partial charge is 0.462 e. The van der Waals surface area contributed by atoms with Crippen LogP contribution in [-0.4, -0.2) is 68.3 Å². The predicted octanol–water partition coefficient (Wildman–Crippen LogP) is 13.2. The fourth-order valence-corrected chi connectivity index (χ4v) is 7.23. The van der Waals surface area contributed by atoms with Gasteiger partial charge in [-0.25, -0.2) is 4.57 Å². The number of carbonyl (C=O) groups is 2. The van der Waals surface area contributed by atoms with Gasteiger partial charge in [-0.1, -0.05) is 187 Å². The molecule has 0 aliphatic rings. The average molecular weight is 802 g/mol. The lowest BCUT2D eigenvalue weighted by Gasteiger charge is -2.20. The number of likely N-dealkylation sites (N-methyl/N-ethyl adjacent to an activating group) is 1. The SMILES string of the molecule is CCCC/C=C\CCCCCCCC(=O)OC(COC(=O)CCCCCCCCCCCCCCCCCCCCCCC)COP(=O)(O)OCCN(C)C. The number of nitrogens with zero attached hydrogens (tertiary/aromatic N) is 1. The Morgan fingerprint density at radius 3 is 1.40 bits per heavy atom. The largest absolute Gasteiger partial charge is 0.472 e. The second-order valence-electron chi connectivity index (χ2n) is 15.9. The molecule has 0 aromatic carbocycles. The summed E-state index contributed by atoms with van der Waals surface area (Å²) in [5, 5.41) is 0. The van der Waals surface area contributed by atoms with Gasteiger partial charge in [0.25, 0.3) is 0 Å². The van der Waals surface area contributed by atoms with Gasteiger partial charge in [0.2, 0.25) is 0 Å². The summed E-state index contributed by atoms with van der Waals surface area (Å²) in [6, 6.07) is 0. The fraction of sp³-hybridized carbons (Fsp3) is 0.911. The lowest BCUT2D eigenvalue weighted by Crippen LogP contribution is -2.29. The molecular formula is C45H88NO8P. The zero-order chi connectivity index (χ0) is 40.5. The van der Waals surface area contributed by atoms with Crippen molar-refractivity contribution in [3.8, 4) is 0 Å². The van der Waals surface area contributed by atoms with Crippen LogP contribution >= 0.6 is 7.82 Å². The van der Waals surface area contributed by atoms with Gasteiger partial charge in [-0.15, -0.1) is 0 Å². The minimum absolute atomic E-state index is 0.00880. The lowest BCUT2D eigenvalue weighted by atomic mass is 10.0. The van der Waals surface area contributed by atoms with Crippen molar-refractivity contribution in [2.75, 3.05) is 40.5 Å². The number of phosphoric acid groups is 1. The Bertz CT molecular complexity index is 931. The molecule has 0 aromatic heterocycles. The lowest BCUT2D eigenvalue weighted by molar-refractivity contribution is -0.161. The first-order chi connectivity index (χ1) is 26.7. The molecule has 55 heavy (non-hydrogen) atoms. The number of esters is 2. The third-order valence-corrected chi connectivity index (χ3v) is 11.1. The van der Waals surface area contributed by atoms with Gasteiger partial charge in [0.05, 0.1) is 13.2 Å². The molecule has 0 spiro atoms. The summed E-state index contributed by atoms with van der Waals surface area (Å²) >= 11 is 0. The van der Waals surface area contributed by atoms with Gasteiger partial charge in [-0.05, 0) is 46.2 Å². The normalized spacial score (nSPS) is 13.4. The standard InChI is InChI=1S/C45H88NO8P/c1-5-7-9-11-13-15-17-18-19-20-21-22-23-24-25-26-28-29-31-33-35-37-44(47)51-41-43(42-53-55(49,50)52-40-39-46(3)4)54-45(48)38-36-34-32-30-27-16-14-12-10-8-6-2/h12,14,43H,5-11,13,15-42H2,1-4H3,(H,49,50)/b14-12-. The molecule has 10 heteroatoms. The van der Waals surface area contributed by atoms with Gasteiger partial charge < -0.3 is 19.3 Å². The molecule has 0 rings (SSSR count). The van der Waals surface area contributed by atoms with Gasteiger partial charge in [0.1, 0.15) is 6.61 Å². The second-order valence-corrected chi connectivity index (χ2v) is 17.4. The maximum Gasteiger partial charge on any atom is 0.472 e. The van der Waals surface area contributed by atoms with Gasteiger partial charge in [-0.3, -0.25) is 18.6 Å². The number of hydrogen-bond acceptors (Lipinski definition) is 8. The van der Waals surface area contributed by atoms with Crippen LogP contribution in [0.25, 0.3) is 0 Å². The van der Waals surface area contributed by atoms with Crippen molar-refractivity contribution in [3.05, 3.63) is 12.2 Å². The first-order valence-corrected chi connectivity index (χ1v) is 24.5. The molecule has 0 fully saturated rings. The second kappa shape index (κ2) is 40.9. The Labute approximate surface area is 339 Å². The summed E-state index contributed by atoms with van der Waals surface area (Å²) in [4.78, 5) is 37.0. The number of unbranched alkanes of at least 4 members (excludes halogenated alkanes) is 27. The zero-order valence-corrected chi connectivity index (χ0v) is 37.3. The third-order valence-electron chi connectivity index (χ3n) is 10.1. The molecule has 9 nitrogen and oxygen atoms in total. The minimum Gasteiger partial charge on any atom is -0.462 e. The van der Waals surface area contributed by atoms with Crippen LogP contribution in [0.15, 0.2) is 12.2 Å². The van der Waals surface area contributed by atoms with Crippen LogP contribution in [0.5, 0.6) is 0 Å². The van der Waals surface area contributed by atoms with Crippen molar-refractivity contribution in [2.45, 2.75) is 225 Å². The zero-order valence-electron chi connectivity index (χ0n) is 36.4. The van der Waals surface area contributed by atoms with Crippen molar-refractivity contribution in [1.82, 2.24) is 4.90 Å². The van der Waals surface area contributed by atoms with Gasteiger partial charge in [0.15, 0.2) is 6.10 Å². The number of hydrogen-bond donors (Lipinski definition) is 1. The predicted molar refractivity (Wildman–Crippen MR) is 229 cm³/mol. The molecule has 0 saturated heterocycles. The van der Waals surface area contributed by atoms with E-state index in [1.54, 1.807) is 0 Å². The maximum atomic E-state index is 12.6. The molecule has 2 atom stereocenters. The topological polar surface area (TPSA) is 112 Å². The van der Waals surface area contributed by atoms with Crippen LogP contribution in [0.1, 0.15) is 219 Å². The molecule has 0 heterocycles. The van der Waals surface area contributed by atoms with E-state index in [1.807, 2.05) is 19.0 Å². The highest BCUT2D eigenvalue weighted by Crippen LogP contribution is 2.43. The van der Waals surface area contributed by atoms with Crippen LogP contribution in [0.4, 0.5) is 0 Å². The Balaban J connectivity index is 4.12. The van der Waals surface area contributed by atoms with E-state index in [-0.39, 0.29) is 25.6 Å². The molecule has 326 valence electrons. The quantitative estimate of drug-likeness (QED) is 0.0279. The van der Waals surface area contributed by atoms with Crippen molar-refractivity contribution in [2.24, 2.45) is 0 Å². The van der Waals surface area contributed by atoms with E-state index in [1.165, 1.54) is 128 Å². The Morgan fingerprint density at radius 1 is 0.545 bits per heavy atom. The van der Waals surface area contributed by atoms with E-state index < -0.39 is 26.5 Å². The third kappa shape index (κ3) is 42.2. The van der Waals surface area contributed by atoms with Gasteiger partial charge >= 0.3 is 19.8 Å². The number of phosphoric ester groups is 1. The Kier molecular flexibility index (Phi) is 40.0. The molecule has 0 aliphatic heterocycles. The van der Waals surface area contributed by atoms with E-state index in [0.717, 1.165) is 57.8 Å². The molecule has 0 bridgehead atoms. The summed E-state index contributed by atoms with van der Waals surface area (Å²) in [6.45, 7) is 4.30. The summed E-state index contributed by atoms with van der Waals surface area (Å²) in [7, 11) is -0.706. The van der Waals surface area contributed by atoms with Crippen molar-refractivity contribution >= 4 is 19.8 Å². The summed E-state index contributed by atoms with van der Waals surface area (Å²) in [5.74, 6) is -0.803. The van der Waals surface area contributed by atoms with E-state index in [9.17, 15) is 19.0 Å². The van der Waals surface area contributed by atoms with E-state index in [2.05, 4.69) is 26.0 Å². The first kappa shape index (κ1) is 53.8. The number of ether oxygens (including phenoxy) is 2. The van der Waals surface area contributed by atoms with Gasteiger partial charge in [0, 0.05) is 19.4 Å². The van der Waals surface area contributed by atoms with Crippen LogP contribution in [0, 0.1) is 0 Å². The number of rotatable bonds is 43. The van der Waals surface area contributed by atoms with Crippen LogP contribution in [-0.2, 0) is 32.7 Å². The van der Waals surface area contributed by atoms with Crippen LogP contribution in [0.3, 0.4) is 0 Å². The van der Waals surface area contributed by atoms with Crippen molar-refractivity contribution in [1.29, 1.82) is 0 Å². The average Bonchev–Trinajstić information content (AvgIpc) is 3.15. The molecule has 2 unspecified atom stereocenters. The first-order valence-electron chi connectivity index (χ1n) is 23.0. The van der Waals surface area contributed by atoms with Crippen molar-refractivity contribution < 1.29 is 37.6 Å². The fourth-order valence-electron chi connectivity index (χ4n) is 6.49. The number of allylic oxidation sites excluding steroid dienone is 2. The highest BCUT2D eigenvalue weighted by molar-refractivity contribution is 7.47. The molecule has 0 radical (unpaired) electrons. The summed E-state index contributed by atoms with van der Waals surface area (Å²) in [5.41, 5.74) is 0. The molecule has 0 amide bonds. The van der Waals surface area contributed by atoms with E-state index >= 15 is 0 Å². The molecule has 0 saturated carbocycles. The van der Waals surface area contributed by atoms with Gasteiger partial charge in [-0.2, -0.15) is 0 Å². The van der Waals surface area contributed by atoms with Crippen LogP contribution < -0.4 is 0 Å². The summed E-state index contributed by atoms with van der Waals surface area (Å²) < 4.78 is 33.4. The van der Waals surface area contributed by atoms with E-state index in [4.69, 9.17) is 18.5 Å². The molecule has 1 N–H and O–H groups in total. The highest BCUT2D eigenvalue weighted by atomic mass is 31.2. The number of carbonyl (C=O) groups excluding carboxylic acids is 2.